The van der Waals surface area contributed by atoms with E-state index in [-0.39, 0.29) is 18.0 Å². The molecular weight excluding hydrogens is 354 g/mol. The molecule has 0 aliphatic carbocycles. The fraction of sp³-hybridized carbons (Fsp3) is 0.579. The number of carbonyl (C=O) groups excluding carboxylic acids is 2. The molecule has 1 aromatic rings. The monoisotopic (exact) mass is 381 g/mol. The normalized spacial score (nSPS) is 16.2. The van der Waals surface area contributed by atoms with Crippen LogP contribution in [-0.2, 0) is 9.53 Å². The molecule has 6 nitrogen and oxygen atoms in total. The Morgan fingerprint density at radius 1 is 1.27 bits per heavy atom. The summed E-state index contributed by atoms with van der Waals surface area (Å²) in [4.78, 5) is 26.2. The minimum absolute atomic E-state index is 0.0612. The largest absolute Gasteiger partial charge is 0.444 e. The predicted molar refractivity (Wildman–Crippen MR) is 104 cm³/mol. The van der Waals surface area contributed by atoms with Gasteiger partial charge in [0.25, 0.3) is 0 Å². The van der Waals surface area contributed by atoms with Crippen molar-refractivity contribution in [1.82, 2.24) is 10.2 Å². The molecule has 2 rings (SSSR count). The summed E-state index contributed by atoms with van der Waals surface area (Å²) in [6.07, 6.45) is 1.20. The second-order valence-corrected chi connectivity index (χ2v) is 8.06. The van der Waals surface area contributed by atoms with Crippen LogP contribution in [0.3, 0.4) is 0 Å². The van der Waals surface area contributed by atoms with Crippen LogP contribution in [0.4, 0.5) is 10.5 Å². The molecule has 26 heavy (non-hydrogen) atoms. The SMILES string of the molecule is Cc1c(Cl)cccc1NC(=O)CN1CCC(NC(=O)OC(C)(C)C)CC1. The molecule has 2 amide bonds. The van der Waals surface area contributed by atoms with Crippen LogP contribution in [0.25, 0.3) is 0 Å². The van der Waals surface area contributed by atoms with E-state index in [1.165, 1.54) is 0 Å². The first kappa shape index (κ1) is 20.5. The van der Waals surface area contributed by atoms with Crippen LogP contribution in [0.2, 0.25) is 5.02 Å². The lowest BCUT2D eigenvalue weighted by molar-refractivity contribution is -0.117. The number of alkyl carbamates (subject to hydrolysis) is 1. The van der Waals surface area contributed by atoms with Gasteiger partial charge in [0.1, 0.15) is 5.60 Å². The van der Waals surface area contributed by atoms with Crippen molar-refractivity contribution in [2.24, 2.45) is 0 Å². The Balaban J connectivity index is 1.75. The number of carbonyl (C=O) groups is 2. The van der Waals surface area contributed by atoms with Crippen molar-refractivity contribution < 1.29 is 14.3 Å². The Morgan fingerprint density at radius 2 is 1.92 bits per heavy atom. The average molecular weight is 382 g/mol. The first-order valence-electron chi connectivity index (χ1n) is 8.91. The van der Waals surface area contributed by atoms with Gasteiger partial charge < -0.3 is 15.4 Å². The molecule has 0 unspecified atom stereocenters. The number of rotatable bonds is 4. The lowest BCUT2D eigenvalue weighted by Gasteiger charge is -2.32. The zero-order valence-corrected chi connectivity index (χ0v) is 16.7. The zero-order chi connectivity index (χ0) is 19.3. The van der Waals surface area contributed by atoms with Crippen molar-refractivity contribution in [2.75, 3.05) is 25.0 Å². The van der Waals surface area contributed by atoms with Gasteiger partial charge in [-0.2, -0.15) is 0 Å². The van der Waals surface area contributed by atoms with Crippen LogP contribution in [-0.4, -0.2) is 48.2 Å². The molecule has 1 aliphatic rings. The van der Waals surface area contributed by atoms with E-state index in [2.05, 4.69) is 15.5 Å². The molecule has 0 radical (unpaired) electrons. The smallest absolute Gasteiger partial charge is 0.407 e. The van der Waals surface area contributed by atoms with Crippen molar-refractivity contribution in [2.45, 2.75) is 52.2 Å². The maximum Gasteiger partial charge on any atom is 0.407 e. The second-order valence-electron chi connectivity index (χ2n) is 7.66. The highest BCUT2D eigenvalue weighted by Crippen LogP contribution is 2.23. The van der Waals surface area contributed by atoms with Crippen molar-refractivity contribution in [1.29, 1.82) is 0 Å². The van der Waals surface area contributed by atoms with E-state index in [0.29, 0.717) is 11.6 Å². The standard InChI is InChI=1S/C19H28ClN3O3/c1-13-15(20)6-5-7-16(13)22-17(24)12-23-10-8-14(9-11-23)21-18(25)26-19(2,3)4/h5-7,14H,8-12H2,1-4H3,(H,21,25)(H,22,24). The first-order chi connectivity index (χ1) is 12.1. The van der Waals surface area contributed by atoms with Crippen LogP contribution in [0, 0.1) is 6.92 Å². The Morgan fingerprint density at radius 3 is 2.54 bits per heavy atom. The predicted octanol–water partition coefficient (Wildman–Crippen LogP) is 3.58. The summed E-state index contributed by atoms with van der Waals surface area (Å²) in [6, 6.07) is 5.54. The molecule has 0 bridgehead atoms. The summed E-state index contributed by atoms with van der Waals surface area (Å²) in [6.45, 7) is 9.24. The van der Waals surface area contributed by atoms with Gasteiger partial charge in [-0.3, -0.25) is 9.69 Å². The minimum atomic E-state index is -0.499. The van der Waals surface area contributed by atoms with Crippen molar-refractivity contribution in [3.63, 3.8) is 0 Å². The summed E-state index contributed by atoms with van der Waals surface area (Å²) < 4.78 is 5.28. The van der Waals surface area contributed by atoms with Gasteiger partial charge in [0.2, 0.25) is 5.91 Å². The van der Waals surface area contributed by atoms with Crippen LogP contribution in [0.5, 0.6) is 0 Å². The average Bonchev–Trinajstić information content (AvgIpc) is 2.52. The molecule has 1 fully saturated rings. The van der Waals surface area contributed by atoms with Gasteiger partial charge in [-0.1, -0.05) is 17.7 Å². The lowest BCUT2D eigenvalue weighted by Crippen LogP contribution is -2.47. The molecule has 7 heteroatoms. The quantitative estimate of drug-likeness (QED) is 0.836. The van der Waals surface area contributed by atoms with Gasteiger partial charge in [-0.15, -0.1) is 0 Å². The van der Waals surface area contributed by atoms with E-state index < -0.39 is 5.60 Å². The van der Waals surface area contributed by atoms with Gasteiger partial charge in [0, 0.05) is 29.8 Å². The minimum Gasteiger partial charge on any atom is -0.444 e. The number of halogens is 1. The first-order valence-corrected chi connectivity index (χ1v) is 9.28. The fourth-order valence-electron chi connectivity index (χ4n) is 2.85. The van der Waals surface area contributed by atoms with Crippen LogP contribution in [0.15, 0.2) is 18.2 Å². The molecule has 144 valence electrons. The van der Waals surface area contributed by atoms with E-state index in [0.717, 1.165) is 37.2 Å². The number of anilines is 1. The molecule has 0 saturated carbocycles. The Kier molecular flexibility index (Phi) is 6.89. The van der Waals surface area contributed by atoms with Crippen LogP contribution >= 0.6 is 11.6 Å². The number of hydrogen-bond donors (Lipinski definition) is 2. The van der Waals surface area contributed by atoms with Gasteiger partial charge >= 0.3 is 6.09 Å². The maximum absolute atomic E-state index is 12.3. The molecule has 0 atom stereocenters. The Labute approximate surface area is 160 Å². The van der Waals surface area contributed by atoms with E-state index in [1.54, 1.807) is 6.07 Å². The highest BCUT2D eigenvalue weighted by atomic mass is 35.5. The molecule has 1 heterocycles. The van der Waals surface area contributed by atoms with E-state index in [4.69, 9.17) is 16.3 Å². The lowest BCUT2D eigenvalue weighted by atomic mass is 10.1. The Bertz CT molecular complexity index is 650. The third-order valence-electron chi connectivity index (χ3n) is 4.22. The number of piperidine rings is 1. The summed E-state index contributed by atoms with van der Waals surface area (Å²) in [7, 11) is 0. The molecule has 2 N–H and O–H groups in total. The van der Waals surface area contributed by atoms with Gasteiger partial charge in [0.05, 0.1) is 6.54 Å². The van der Waals surface area contributed by atoms with Crippen LogP contribution < -0.4 is 10.6 Å². The highest BCUT2D eigenvalue weighted by molar-refractivity contribution is 6.31. The van der Waals surface area contributed by atoms with Crippen molar-refractivity contribution in [3.8, 4) is 0 Å². The summed E-state index contributed by atoms with van der Waals surface area (Å²) >= 11 is 6.08. The molecule has 1 saturated heterocycles. The van der Waals surface area contributed by atoms with Crippen molar-refractivity contribution >= 4 is 29.3 Å². The molecule has 0 spiro atoms. The van der Waals surface area contributed by atoms with E-state index >= 15 is 0 Å². The molecule has 0 aromatic heterocycles. The summed E-state index contributed by atoms with van der Waals surface area (Å²) in [5.41, 5.74) is 1.10. The van der Waals surface area contributed by atoms with Gasteiger partial charge in [0.15, 0.2) is 0 Å². The zero-order valence-electron chi connectivity index (χ0n) is 15.9. The number of nitrogens with zero attached hydrogens (tertiary/aromatic N) is 1. The highest BCUT2D eigenvalue weighted by Gasteiger charge is 2.24. The van der Waals surface area contributed by atoms with E-state index in [1.807, 2.05) is 39.8 Å². The maximum atomic E-state index is 12.3. The van der Waals surface area contributed by atoms with Crippen molar-refractivity contribution in [3.05, 3.63) is 28.8 Å². The number of benzene rings is 1. The third kappa shape index (κ3) is 6.50. The number of nitrogens with one attached hydrogen (secondary N) is 2. The number of hydrogen-bond acceptors (Lipinski definition) is 4. The summed E-state index contributed by atoms with van der Waals surface area (Å²) in [5.74, 6) is -0.0612. The summed E-state index contributed by atoms with van der Waals surface area (Å²) in [5, 5.41) is 6.45. The van der Waals surface area contributed by atoms with Crippen LogP contribution in [0.1, 0.15) is 39.2 Å². The van der Waals surface area contributed by atoms with Gasteiger partial charge in [-0.05, 0) is 58.2 Å². The molecule has 1 aliphatic heterocycles. The fourth-order valence-corrected chi connectivity index (χ4v) is 3.02. The van der Waals surface area contributed by atoms with Gasteiger partial charge in [-0.25, -0.2) is 4.79 Å². The number of amides is 2. The second kappa shape index (κ2) is 8.73. The Hall–Kier alpha value is -1.79. The van der Waals surface area contributed by atoms with E-state index in [9.17, 15) is 9.59 Å². The molecular formula is C19H28ClN3O3. The molecule has 1 aromatic carbocycles. The topological polar surface area (TPSA) is 70.7 Å². The third-order valence-corrected chi connectivity index (χ3v) is 4.63. The number of likely N-dealkylation sites (tertiary alicyclic amines) is 1. The number of ether oxygens (including phenoxy) is 1.